The molecule has 7 aromatic rings. The quantitative estimate of drug-likeness (QED) is 0.0188. The maximum Gasteiger partial charge on any atom is 0.410 e. The number of aromatic nitrogens is 3. The summed E-state index contributed by atoms with van der Waals surface area (Å²) in [5.41, 5.74) is 4.47. The van der Waals surface area contributed by atoms with Crippen molar-refractivity contribution in [1.82, 2.24) is 50.8 Å². The van der Waals surface area contributed by atoms with E-state index in [9.17, 15) is 32.4 Å². The fourth-order valence-corrected chi connectivity index (χ4v) is 13.7. The van der Waals surface area contributed by atoms with Gasteiger partial charge in [0.05, 0.1) is 24.6 Å². The highest BCUT2D eigenvalue weighted by atomic mass is 32.2. The summed E-state index contributed by atoms with van der Waals surface area (Å²) in [5, 5.41) is 21.0. The number of likely N-dealkylation sites (tertiary alicyclic amines) is 1. The van der Waals surface area contributed by atoms with Crippen molar-refractivity contribution in [2.75, 3.05) is 33.9 Å². The van der Waals surface area contributed by atoms with Gasteiger partial charge in [-0.15, -0.1) is 11.5 Å². The molecule has 26 heteroatoms. The van der Waals surface area contributed by atoms with Gasteiger partial charge in [0.25, 0.3) is 5.91 Å². The van der Waals surface area contributed by atoms with E-state index in [2.05, 4.69) is 42.2 Å². The number of ether oxygens (including phenoxy) is 5. The molecule has 2 heterocycles. The van der Waals surface area contributed by atoms with E-state index in [0.29, 0.717) is 46.7 Å². The maximum absolute atomic E-state index is 15.5. The number of nitrogens with zero attached hydrogens (tertiary/aromatic N) is 5. The smallest absolute Gasteiger partial charge is 0.410 e. The van der Waals surface area contributed by atoms with Crippen LogP contribution in [0, 0.1) is 17.8 Å². The molecule has 25 nitrogen and oxygen atoms in total. The first-order chi connectivity index (χ1) is 48.6. The van der Waals surface area contributed by atoms with Crippen LogP contribution in [0.4, 0.5) is 9.59 Å². The van der Waals surface area contributed by atoms with Crippen molar-refractivity contribution in [2.24, 2.45) is 5.41 Å². The van der Waals surface area contributed by atoms with Gasteiger partial charge in [-0.2, -0.15) is 0 Å². The second kappa shape index (κ2) is 31.8. The number of hydrogen-bond donors (Lipinski definition) is 5. The van der Waals surface area contributed by atoms with E-state index in [1.165, 1.54) is 30.7 Å². The summed E-state index contributed by atoms with van der Waals surface area (Å²) in [4.78, 5) is 117. The van der Waals surface area contributed by atoms with Crippen LogP contribution in [0.25, 0.3) is 21.9 Å². The van der Waals surface area contributed by atoms with E-state index in [-0.39, 0.29) is 58.0 Å². The van der Waals surface area contributed by atoms with Crippen molar-refractivity contribution in [1.29, 1.82) is 0 Å². The normalized spacial score (nSPS) is 16.5. The predicted octanol–water partition coefficient (Wildman–Crippen LogP) is 7.64. The van der Waals surface area contributed by atoms with Crippen LogP contribution in [0.5, 0.6) is 11.5 Å². The minimum atomic E-state index is -4.11. The summed E-state index contributed by atoms with van der Waals surface area (Å²) >= 11 is 0. The molecule has 3 aliphatic rings. The zero-order valence-electron chi connectivity index (χ0n) is 58.5. The van der Waals surface area contributed by atoms with Crippen LogP contribution < -0.4 is 35.5 Å². The molecule has 5 N–H and O–H groups in total. The van der Waals surface area contributed by atoms with Crippen molar-refractivity contribution in [3.63, 3.8) is 0 Å². The Kier molecular flexibility index (Phi) is 23.0. The highest BCUT2D eigenvalue weighted by Crippen LogP contribution is 2.45. The number of amides is 7. The van der Waals surface area contributed by atoms with E-state index in [0.717, 1.165) is 37.9 Å². The van der Waals surface area contributed by atoms with Crippen molar-refractivity contribution >= 4 is 68.5 Å². The monoisotopic (exact) mass is 1410 g/mol. The van der Waals surface area contributed by atoms with E-state index < -0.39 is 116 Å². The molecule has 1 aromatic heterocycles. The van der Waals surface area contributed by atoms with E-state index in [1.807, 2.05) is 84.9 Å². The number of carbonyl (C=O) groups is 8. The van der Waals surface area contributed by atoms with Gasteiger partial charge in [0.2, 0.25) is 33.7 Å². The van der Waals surface area contributed by atoms with E-state index in [1.54, 1.807) is 102 Å². The molecule has 10 rings (SSSR count). The van der Waals surface area contributed by atoms with Gasteiger partial charge < -0.3 is 49.9 Å². The summed E-state index contributed by atoms with van der Waals surface area (Å²) in [6.45, 7) is 11.5. The van der Waals surface area contributed by atoms with Crippen LogP contribution in [0.2, 0.25) is 0 Å². The van der Waals surface area contributed by atoms with Gasteiger partial charge in [0, 0.05) is 45.2 Å². The molecule has 2 aliphatic carbocycles. The molecule has 102 heavy (non-hydrogen) atoms. The van der Waals surface area contributed by atoms with Crippen molar-refractivity contribution < 1.29 is 70.5 Å². The summed E-state index contributed by atoms with van der Waals surface area (Å²) in [7, 11) is -1.48. The van der Waals surface area contributed by atoms with Gasteiger partial charge in [-0.05, 0) is 120 Å². The first-order valence-electron chi connectivity index (χ1n) is 33.7. The first-order valence-corrected chi connectivity index (χ1v) is 35.3. The van der Waals surface area contributed by atoms with E-state index in [4.69, 9.17) is 30.1 Å². The maximum atomic E-state index is 15.5. The molecule has 6 aromatic carbocycles. The van der Waals surface area contributed by atoms with Crippen molar-refractivity contribution in [3.8, 4) is 35.0 Å². The molecule has 5 unspecified atom stereocenters. The Labute approximate surface area is 593 Å². The number of rotatable bonds is 27. The summed E-state index contributed by atoms with van der Waals surface area (Å²) < 4.78 is 58.3. The fraction of sp³-hybridized carbons (Fsp3) is 0.395. The molecule has 536 valence electrons. The van der Waals surface area contributed by atoms with Gasteiger partial charge in [-0.3, -0.25) is 33.6 Å². The zero-order chi connectivity index (χ0) is 73.2. The standard InChI is InChI=1S/C76H86N10O15S/c1-11-36-98-54-30-25-47(26-31-54)38-63(69(89)82-102(95,96)56-34-35-56)77-68(88)62(40-49-24-29-50-18-12-13-19-51(50)37-49)78-70(90)65-41-53(43-85(65)71(91)66(75(3,4)5)80-67(87)46(2)84(9)74(94)101-76(6,7)8)86-42-52(81-83-86)44-99-55-32-27-48(28-33-55)39-64(72(92)97-10)79-73(93)100-45-61-59-22-16-14-20-57(59)58-21-15-17-23-60(58)61/h1,12-33,37,42,46,53,56,61-66H,34-36,38-41,43-45H2,2-10H3,(H,77,88)(H,78,90)(H,79,93)(H,80,87)(H,82,89)/t46?,53-,62?,63?,64?,65-,66?/m0/s1. The number of fused-ring (bicyclic) bond motifs is 4. The Morgan fingerprint density at radius 2 is 1.26 bits per heavy atom. The molecule has 7 amide bonds. The summed E-state index contributed by atoms with van der Waals surface area (Å²) in [5.74, 6) is -1.63. The number of hydrogen-bond acceptors (Lipinski definition) is 17. The number of esters is 1. The molecule has 0 spiro atoms. The Balaban J connectivity index is 0.877. The molecule has 0 radical (unpaired) electrons. The topological polar surface area (TPSA) is 314 Å². The second-order valence-electron chi connectivity index (χ2n) is 27.9. The lowest BCUT2D eigenvalue weighted by atomic mass is 9.85. The minimum Gasteiger partial charge on any atom is -0.487 e. The minimum absolute atomic E-state index is 0.00317. The molecule has 1 aliphatic heterocycles. The first kappa shape index (κ1) is 73.9. The average molecular weight is 1410 g/mol. The fourth-order valence-electron chi connectivity index (χ4n) is 12.3. The molecule has 1 saturated carbocycles. The Morgan fingerprint density at radius 1 is 0.686 bits per heavy atom. The van der Waals surface area contributed by atoms with Crippen molar-refractivity contribution in [3.05, 3.63) is 179 Å². The lowest BCUT2D eigenvalue weighted by Gasteiger charge is -2.37. The van der Waals surface area contributed by atoms with Crippen LogP contribution in [-0.2, 0) is 78.9 Å². The number of carbonyl (C=O) groups excluding carboxylic acids is 8. The lowest BCUT2D eigenvalue weighted by molar-refractivity contribution is -0.145. The number of sulfonamides is 1. The van der Waals surface area contributed by atoms with Crippen LogP contribution >= 0.6 is 0 Å². The summed E-state index contributed by atoms with van der Waals surface area (Å²) in [6, 6.07) is 33.8. The zero-order valence-corrected chi connectivity index (χ0v) is 59.3. The lowest BCUT2D eigenvalue weighted by Crippen LogP contribution is -2.61. The number of nitrogens with one attached hydrogen (secondary N) is 5. The van der Waals surface area contributed by atoms with Crippen LogP contribution in [-0.4, -0.2) is 162 Å². The van der Waals surface area contributed by atoms with Crippen LogP contribution in [0.1, 0.15) is 113 Å². The highest BCUT2D eigenvalue weighted by Gasteiger charge is 2.48. The molecular weight excluding hydrogens is 1320 g/mol. The van der Waals surface area contributed by atoms with Gasteiger partial charge in [0.15, 0.2) is 0 Å². The highest BCUT2D eigenvalue weighted by molar-refractivity contribution is 7.91. The number of terminal acetylenes is 1. The Bertz CT molecular complexity index is 4360. The van der Waals surface area contributed by atoms with Crippen LogP contribution in [0.15, 0.2) is 146 Å². The second-order valence-corrected chi connectivity index (χ2v) is 29.9. The average Bonchev–Trinajstić information content (AvgIpc) is 1.63. The molecule has 0 bridgehead atoms. The predicted molar refractivity (Wildman–Crippen MR) is 379 cm³/mol. The Morgan fingerprint density at radius 3 is 1.87 bits per heavy atom. The number of methoxy groups -OCH3 is 1. The SMILES string of the molecule is C#CCOc1ccc(CC(NC(=O)C(Cc2ccc3ccccc3c2)NC(=O)[C@@H]2C[C@H](n3cc(COc4ccc(CC(NC(=O)OCC5c6ccccc6-c6ccccc65)C(=O)OC)cc4)nn3)CN2C(=O)C(NC(=O)C(C)N(C)C(=O)OC(C)(C)C)C(C)(C)C)C(=O)NS(=O)(=O)C2CC2)cc1. The Hall–Kier alpha value is -10.8. The van der Waals surface area contributed by atoms with Gasteiger partial charge in [-0.1, -0.05) is 147 Å². The van der Waals surface area contributed by atoms with Crippen LogP contribution in [0.3, 0.4) is 0 Å². The van der Waals surface area contributed by atoms with Gasteiger partial charge >= 0.3 is 18.2 Å². The molecule has 2 fully saturated rings. The van der Waals surface area contributed by atoms with Gasteiger partial charge in [-0.25, -0.2) is 27.5 Å². The number of likely N-dealkylation sites (N-methyl/N-ethyl adjacent to an activating group) is 1. The molecule has 1 saturated heterocycles. The largest absolute Gasteiger partial charge is 0.487 e. The van der Waals surface area contributed by atoms with Crippen molar-refractivity contribution in [2.45, 2.75) is 153 Å². The third-order valence-electron chi connectivity index (χ3n) is 18.1. The van der Waals surface area contributed by atoms with Gasteiger partial charge in [0.1, 0.15) is 78.9 Å². The molecular formula is C76H86N10O15S. The summed E-state index contributed by atoms with van der Waals surface area (Å²) in [6.07, 6.45) is 5.79. The third kappa shape index (κ3) is 18.6. The number of benzene rings is 6. The number of alkyl carbamates (subject to hydrolysis) is 1. The van der Waals surface area contributed by atoms with E-state index >= 15 is 14.4 Å². The molecule has 7 atom stereocenters. The third-order valence-corrected chi connectivity index (χ3v) is 20.0.